The lowest BCUT2D eigenvalue weighted by Gasteiger charge is -2.14. The summed E-state index contributed by atoms with van der Waals surface area (Å²) in [5.41, 5.74) is 2.46. The quantitative estimate of drug-likeness (QED) is 0.423. The van der Waals surface area contributed by atoms with Gasteiger partial charge in [-0.25, -0.2) is 4.98 Å². The molecule has 9 nitrogen and oxygen atoms in total. The normalized spacial score (nSPS) is 17.9. The number of rotatable bonds is 5. The number of nitrogens with zero attached hydrogens (tertiary/aromatic N) is 3. The van der Waals surface area contributed by atoms with E-state index in [1.165, 1.54) is 24.4 Å². The highest BCUT2D eigenvalue weighted by molar-refractivity contribution is 5.68. The van der Waals surface area contributed by atoms with E-state index >= 15 is 0 Å². The summed E-state index contributed by atoms with van der Waals surface area (Å²) in [6.07, 6.45) is 5.11. The van der Waals surface area contributed by atoms with E-state index in [1.807, 2.05) is 0 Å². The van der Waals surface area contributed by atoms with Crippen molar-refractivity contribution in [2.24, 2.45) is 11.0 Å². The van der Waals surface area contributed by atoms with Crippen LogP contribution < -0.4 is 5.43 Å². The van der Waals surface area contributed by atoms with Crippen LogP contribution in [-0.2, 0) is 4.74 Å². The molecule has 1 atom stereocenters. The van der Waals surface area contributed by atoms with Crippen molar-refractivity contribution in [1.82, 2.24) is 4.98 Å². The lowest BCUT2D eigenvalue weighted by Crippen LogP contribution is -2.11. The molecule has 0 saturated heterocycles. The van der Waals surface area contributed by atoms with Gasteiger partial charge in [0.1, 0.15) is 36.4 Å². The predicted molar refractivity (Wildman–Crippen MR) is 73.5 cm³/mol. The molecule has 2 heterocycles. The van der Waals surface area contributed by atoms with E-state index in [-0.39, 0.29) is 18.1 Å². The number of nitrogens with one attached hydrogen (secondary N) is 1. The molecule has 1 aliphatic heterocycles. The molecule has 1 aromatic rings. The van der Waals surface area contributed by atoms with Crippen LogP contribution in [0.4, 0.5) is 11.5 Å². The van der Waals surface area contributed by atoms with E-state index in [4.69, 9.17) is 9.84 Å². The number of hydrogen-bond donors (Lipinski definition) is 3. The highest BCUT2D eigenvalue weighted by atomic mass is 16.6. The zero-order chi connectivity index (χ0) is 15.2. The Morgan fingerprint density at radius 1 is 1.57 bits per heavy atom. The summed E-state index contributed by atoms with van der Waals surface area (Å²) in [6.45, 7) is -0.286. The van der Waals surface area contributed by atoms with Crippen molar-refractivity contribution < 1.29 is 19.9 Å². The van der Waals surface area contributed by atoms with Gasteiger partial charge in [0.25, 0.3) is 5.69 Å². The lowest BCUT2D eigenvalue weighted by atomic mass is 10.1. The molecule has 9 heteroatoms. The first kappa shape index (κ1) is 14.5. The van der Waals surface area contributed by atoms with Gasteiger partial charge in [-0.15, -0.1) is 0 Å². The summed E-state index contributed by atoms with van der Waals surface area (Å²) in [5, 5.41) is 32.9. The number of pyridine rings is 1. The van der Waals surface area contributed by atoms with Gasteiger partial charge in [0.2, 0.25) is 0 Å². The topological polar surface area (TPSA) is 130 Å². The van der Waals surface area contributed by atoms with Crippen LogP contribution in [0.1, 0.15) is 0 Å². The second-order valence-electron chi connectivity index (χ2n) is 4.03. The molecule has 0 aliphatic carbocycles. The number of nitro groups is 1. The van der Waals surface area contributed by atoms with E-state index in [0.29, 0.717) is 11.6 Å². The minimum atomic E-state index is -0.549. The number of aliphatic hydroxyl groups excluding tert-OH is 2. The van der Waals surface area contributed by atoms with Crippen LogP contribution in [-0.4, -0.2) is 32.9 Å². The monoisotopic (exact) mass is 292 g/mol. The van der Waals surface area contributed by atoms with Gasteiger partial charge in [0.15, 0.2) is 0 Å². The Balaban J connectivity index is 1.98. The zero-order valence-corrected chi connectivity index (χ0v) is 10.7. The fourth-order valence-corrected chi connectivity index (χ4v) is 1.49. The van der Waals surface area contributed by atoms with Crippen molar-refractivity contribution in [3.63, 3.8) is 0 Å². The molecule has 0 amide bonds. The Morgan fingerprint density at radius 2 is 2.38 bits per heavy atom. The van der Waals surface area contributed by atoms with Crippen molar-refractivity contribution in [3.8, 4) is 0 Å². The molecule has 0 radical (unpaired) electrons. The average molecular weight is 292 g/mol. The molecule has 0 aromatic carbocycles. The Kier molecular flexibility index (Phi) is 4.46. The van der Waals surface area contributed by atoms with Crippen LogP contribution in [0.5, 0.6) is 0 Å². The van der Waals surface area contributed by atoms with Crippen molar-refractivity contribution in [2.45, 2.75) is 0 Å². The third-order valence-corrected chi connectivity index (χ3v) is 2.57. The molecular weight excluding hydrogens is 280 g/mol. The smallest absolute Gasteiger partial charge is 0.287 e. The maximum atomic E-state index is 10.5. The first-order valence-corrected chi connectivity index (χ1v) is 5.87. The number of ether oxygens (including phenoxy) is 1. The molecular formula is C12H12N4O5. The number of hydrazone groups is 1. The summed E-state index contributed by atoms with van der Waals surface area (Å²) < 4.78 is 4.91. The van der Waals surface area contributed by atoms with Gasteiger partial charge >= 0.3 is 0 Å². The summed E-state index contributed by atoms with van der Waals surface area (Å²) >= 11 is 0. The molecule has 21 heavy (non-hydrogen) atoms. The molecule has 1 aromatic heterocycles. The zero-order valence-electron chi connectivity index (χ0n) is 10.7. The standard InChI is InChI=1S/C12H12N4O5/c17-6-10-3-8(11(18)7-21-10)4-14-15-12-2-1-9(5-13-12)16(19)20/h1-5,7-8,17-18H,6H2,(H,13,15)/b14-4-. The van der Waals surface area contributed by atoms with Crippen LogP contribution in [0.3, 0.4) is 0 Å². The predicted octanol–water partition coefficient (Wildman–Crippen LogP) is 1.31. The van der Waals surface area contributed by atoms with Crippen LogP contribution in [0.25, 0.3) is 0 Å². The number of anilines is 1. The fourth-order valence-electron chi connectivity index (χ4n) is 1.49. The van der Waals surface area contributed by atoms with E-state index in [0.717, 1.165) is 12.5 Å². The van der Waals surface area contributed by atoms with Crippen molar-refractivity contribution >= 4 is 17.7 Å². The van der Waals surface area contributed by atoms with Crippen LogP contribution >= 0.6 is 0 Å². The number of hydrogen-bond acceptors (Lipinski definition) is 8. The minimum absolute atomic E-state index is 0.0607. The first-order chi connectivity index (χ1) is 10.1. The Bertz CT molecular complexity index is 609. The summed E-state index contributed by atoms with van der Waals surface area (Å²) in [6, 6.07) is 2.70. The second-order valence-corrected chi connectivity index (χ2v) is 4.03. The van der Waals surface area contributed by atoms with E-state index < -0.39 is 10.8 Å². The van der Waals surface area contributed by atoms with Gasteiger partial charge in [-0.3, -0.25) is 15.5 Å². The Labute approximate surface area is 119 Å². The molecule has 0 saturated carbocycles. The highest BCUT2D eigenvalue weighted by Gasteiger charge is 2.15. The van der Waals surface area contributed by atoms with E-state index in [9.17, 15) is 15.2 Å². The average Bonchev–Trinajstić information content (AvgIpc) is 2.49. The van der Waals surface area contributed by atoms with Crippen molar-refractivity contribution in [1.29, 1.82) is 0 Å². The van der Waals surface area contributed by atoms with Gasteiger partial charge in [-0.2, -0.15) is 5.10 Å². The molecule has 2 rings (SSSR count). The van der Waals surface area contributed by atoms with Crippen LogP contribution in [0, 0.1) is 16.0 Å². The van der Waals surface area contributed by atoms with E-state index in [1.54, 1.807) is 0 Å². The molecule has 0 spiro atoms. The van der Waals surface area contributed by atoms with Gasteiger partial charge in [0.05, 0.1) is 10.8 Å². The highest BCUT2D eigenvalue weighted by Crippen LogP contribution is 2.18. The van der Waals surface area contributed by atoms with Gasteiger partial charge in [-0.05, 0) is 12.1 Å². The van der Waals surface area contributed by atoms with Crippen molar-refractivity contribution in [2.75, 3.05) is 12.0 Å². The summed E-state index contributed by atoms with van der Waals surface area (Å²) in [4.78, 5) is 13.7. The Hall–Kier alpha value is -2.94. The lowest BCUT2D eigenvalue weighted by molar-refractivity contribution is -0.385. The van der Waals surface area contributed by atoms with E-state index in [2.05, 4.69) is 15.5 Å². The molecule has 0 bridgehead atoms. The molecule has 1 unspecified atom stereocenters. The number of aliphatic hydroxyl groups is 2. The third-order valence-electron chi connectivity index (χ3n) is 2.57. The molecule has 110 valence electrons. The number of allylic oxidation sites excluding steroid dienone is 1. The SMILES string of the molecule is O=[N+]([O-])c1ccc(N/N=C\C2C=C(CO)OC=C2O)nc1. The van der Waals surface area contributed by atoms with Crippen LogP contribution in [0.15, 0.2) is 47.3 Å². The molecule has 3 N–H and O–H groups in total. The molecule has 1 aliphatic rings. The van der Waals surface area contributed by atoms with Gasteiger partial charge in [0, 0.05) is 12.3 Å². The first-order valence-electron chi connectivity index (χ1n) is 5.87. The fraction of sp³-hybridized carbons (Fsp3) is 0.167. The van der Waals surface area contributed by atoms with Gasteiger partial charge < -0.3 is 14.9 Å². The molecule has 0 fully saturated rings. The second kappa shape index (κ2) is 6.48. The van der Waals surface area contributed by atoms with Crippen molar-refractivity contribution in [3.05, 3.63) is 52.3 Å². The summed E-state index contributed by atoms with van der Waals surface area (Å²) in [7, 11) is 0. The maximum Gasteiger partial charge on any atom is 0.287 e. The van der Waals surface area contributed by atoms with Gasteiger partial charge in [-0.1, -0.05) is 0 Å². The maximum absolute atomic E-state index is 10.5. The number of aromatic nitrogens is 1. The Morgan fingerprint density at radius 3 is 3.00 bits per heavy atom. The third kappa shape index (κ3) is 3.76. The minimum Gasteiger partial charge on any atom is -0.508 e. The van der Waals surface area contributed by atoms with Crippen LogP contribution in [0.2, 0.25) is 0 Å². The largest absolute Gasteiger partial charge is 0.508 e. The summed E-state index contributed by atoms with van der Waals surface area (Å²) in [5.74, 6) is 0.0253.